The van der Waals surface area contributed by atoms with Crippen molar-refractivity contribution in [3.63, 3.8) is 0 Å². The van der Waals surface area contributed by atoms with Gasteiger partial charge in [0.05, 0.1) is 16.5 Å². The van der Waals surface area contributed by atoms with E-state index in [2.05, 4.69) is 15.9 Å². The Hall–Kier alpha value is -1.38. The summed E-state index contributed by atoms with van der Waals surface area (Å²) in [5.41, 5.74) is 0.841. The molecule has 1 saturated carbocycles. The van der Waals surface area contributed by atoms with E-state index in [1.165, 1.54) is 23.1 Å². The summed E-state index contributed by atoms with van der Waals surface area (Å²) in [5, 5.41) is 0. The molecule has 1 heterocycles. The van der Waals surface area contributed by atoms with Gasteiger partial charge in [-0.05, 0) is 65.4 Å². The highest BCUT2D eigenvalue weighted by atomic mass is 79.9. The summed E-state index contributed by atoms with van der Waals surface area (Å²) in [6, 6.07) is 5.54. The van der Waals surface area contributed by atoms with Gasteiger partial charge in [-0.1, -0.05) is 36.5 Å². The van der Waals surface area contributed by atoms with Crippen LogP contribution in [0.5, 0.6) is 5.75 Å². The number of amides is 1. The minimum absolute atomic E-state index is 0.0307. The second kappa shape index (κ2) is 9.21. The summed E-state index contributed by atoms with van der Waals surface area (Å²) in [5.74, 6) is 0.0503. The van der Waals surface area contributed by atoms with Crippen LogP contribution in [0.3, 0.4) is 0 Å². The van der Waals surface area contributed by atoms with Gasteiger partial charge >= 0.3 is 5.97 Å². The molecule has 2 aliphatic rings. The molecule has 5 nitrogen and oxygen atoms in total. The number of thiocarbonyl (C=S) groups is 1. The molecule has 0 radical (unpaired) electrons. The maximum absolute atomic E-state index is 12.7. The van der Waals surface area contributed by atoms with E-state index >= 15 is 0 Å². The van der Waals surface area contributed by atoms with Crippen LogP contribution in [0.1, 0.15) is 37.7 Å². The van der Waals surface area contributed by atoms with Gasteiger partial charge in [0, 0.05) is 0 Å². The minimum atomic E-state index is -0.397. The molecular formula is C19H20BrNO4S2. The number of thioether (sulfide) groups is 1. The van der Waals surface area contributed by atoms with Gasteiger partial charge in [-0.3, -0.25) is 14.5 Å². The number of esters is 1. The summed E-state index contributed by atoms with van der Waals surface area (Å²) in [7, 11) is 1.59. The summed E-state index contributed by atoms with van der Waals surface area (Å²) >= 11 is 9.92. The highest BCUT2D eigenvalue weighted by Crippen LogP contribution is 2.34. The van der Waals surface area contributed by atoms with E-state index < -0.39 is 5.97 Å². The minimum Gasteiger partial charge on any atom is -0.496 e. The van der Waals surface area contributed by atoms with Crippen LogP contribution in [0.15, 0.2) is 27.6 Å². The number of rotatable bonds is 5. The average Bonchev–Trinajstić information content (AvgIpc) is 2.90. The first-order valence-corrected chi connectivity index (χ1v) is 10.8. The van der Waals surface area contributed by atoms with E-state index in [1.807, 2.05) is 18.2 Å². The summed E-state index contributed by atoms with van der Waals surface area (Å²) in [6.07, 6.45) is 6.88. The molecule has 0 aromatic heterocycles. The third-order valence-corrected chi connectivity index (χ3v) is 6.48. The predicted octanol–water partition coefficient (Wildman–Crippen LogP) is 4.53. The fourth-order valence-corrected chi connectivity index (χ4v) is 4.91. The Kier molecular flexibility index (Phi) is 6.94. The standard InChI is InChI=1S/C19H20BrNO4S2/c1-24-15-8-7-12(9-14(15)20)10-16-18(23)21(19(26)27-16)11-17(22)25-13-5-3-2-4-6-13/h7-10,13H,2-6,11H2,1H3/b16-10-. The van der Waals surface area contributed by atoms with Crippen molar-refractivity contribution in [2.24, 2.45) is 0 Å². The maximum Gasteiger partial charge on any atom is 0.326 e. The monoisotopic (exact) mass is 469 g/mol. The highest BCUT2D eigenvalue weighted by Gasteiger charge is 2.34. The van der Waals surface area contributed by atoms with Crippen LogP contribution in [0.25, 0.3) is 6.08 Å². The Balaban J connectivity index is 1.65. The topological polar surface area (TPSA) is 55.8 Å². The molecule has 0 atom stereocenters. The zero-order valence-corrected chi connectivity index (χ0v) is 18.1. The molecule has 27 heavy (non-hydrogen) atoms. The Bertz CT molecular complexity index is 790. The summed E-state index contributed by atoms with van der Waals surface area (Å²) in [6.45, 7) is -0.134. The van der Waals surface area contributed by atoms with Crippen molar-refractivity contribution >= 4 is 62.2 Å². The van der Waals surface area contributed by atoms with Crippen LogP contribution in [-0.2, 0) is 14.3 Å². The van der Waals surface area contributed by atoms with Gasteiger partial charge in [0.25, 0.3) is 5.91 Å². The lowest BCUT2D eigenvalue weighted by Gasteiger charge is -2.23. The molecule has 1 aromatic carbocycles. The largest absolute Gasteiger partial charge is 0.496 e. The number of hydrogen-bond donors (Lipinski definition) is 0. The first-order valence-electron chi connectivity index (χ1n) is 8.76. The van der Waals surface area contributed by atoms with Crippen molar-refractivity contribution in [1.29, 1.82) is 0 Å². The molecule has 0 bridgehead atoms. The molecular weight excluding hydrogens is 450 g/mol. The maximum atomic E-state index is 12.7. The zero-order chi connectivity index (χ0) is 19.4. The molecule has 1 aliphatic heterocycles. The van der Waals surface area contributed by atoms with Crippen molar-refractivity contribution < 1.29 is 19.1 Å². The Morgan fingerprint density at radius 2 is 2.11 bits per heavy atom. The highest BCUT2D eigenvalue weighted by molar-refractivity contribution is 9.10. The lowest BCUT2D eigenvalue weighted by Crippen LogP contribution is -2.36. The van der Waals surface area contributed by atoms with E-state index in [0.29, 0.717) is 15.0 Å². The van der Waals surface area contributed by atoms with E-state index in [-0.39, 0.29) is 18.6 Å². The second-order valence-electron chi connectivity index (χ2n) is 6.41. The molecule has 0 spiro atoms. The lowest BCUT2D eigenvalue weighted by atomic mass is 9.98. The van der Waals surface area contributed by atoms with Gasteiger partial charge < -0.3 is 9.47 Å². The van der Waals surface area contributed by atoms with Crippen LogP contribution in [0.2, 0.25) is 0 Å². The molecule has 144 valence electrons. The van der Waals surface area contributed by atoms with Crippen LogP contribution < -0.4 is 4.74 Å². The van der Waals surface area contributed by atoms with Crippen molar-refractivity contribution in [3.05, 3.63) is 33.1 Å². The van der Waals surface area contributed by atoms with Crippen LogP contribution in [-0.4, -0.2) is 40.9 Å². The first-order chi connectivity index (χ1) is 13.0. The first kappa shape index (κ1) is 20.4. The number of nitrogens with zero attached hydrogens (tertiary/aromatic N) is 1. The number of carbonyl (C=O) groups is 2. The van der Waals surface area contributed by atoms with E-state index in [9.17, 15) is 9.59 Å². The van der Waals surface area contributed by atoms with Gasteiger partial charge in [0.2, 0.25) is 0 Å². The quantitative estimate of drug-likeness (QED) is 0.358. The van der Waals surface area contributed by atoms with Crippen LogP contribution >= 0.6 is 39.9 Å². The molecule has 3 rings (SSSR count). The number of hydrogen-bond acceptors (Lipinski definition) is 6. The normalized spacial score (nSPS) is 19.6. The number of methoxy groups -OCH3 is 1. The fourth-order valence-electron chi connectivity index (χ4n) is 3.10. The molecule has 1 aliphatic carbocycles. The summed E-state index contributed by atoms with van der Waals surface area (Å²) < 4.78 is 11.9. The van der Waals surface area contributed by atoms with Crippen molar-refractivity contribution in [2.45, 2.75) is 38.2 Å². The van der Waals surface area contributed by atoms with Gasteiger partial charge in [-0.25, -0.2) is 0 Å². The number of ether oxygens (including phenoxy) is 2. The van der Waals surface area contributed by atoms with E-state index in [4.69, 9.17) is 21.7 Å². The second-order valence-corrected chi connectivity index (χ2v) is 8.94. The summed E-state index contributed by atoms with van der Waals surface area (Å²) in [4.78, 5) is 26.7. The number of halogens is 1. The zero-order valence-electron chi connectivity index (χ0n) is 14.9. The van der Waals surface area contributed by atoms with E-state index in [0.717, 1.165) is 35.7 Å². The smallest absolute Gasteiger partial charge is 0.326 e. The van der Waals surface area contributed by atoms with Gasteiger partial charge in [0.15, 0.2) is 0 Å². The molecule has 2 fully saturated rings. The van der Waals surface area contributed by atoms with Crippen molar-refractivity contribution in [2.75, 3.05) is 13.7 Å². The number of carbonyl (C=O) groups excluding carboxylic acids is 2. The lowest BCUT2D eigenvalue weighted by molar-refractivity contribution is -0.152. The van der Waals surface area contributed by atoms with Gasteiger partial charge in [0.1, 0.15) is 22.7 Å². The third-order valence-electron chi connectivity index (χ3n) is 4.48. The molecule has 0 N–H and O–H groups in total. The van der Waals surface area contributed by atoms with Crippen molar-refractivity contribution in [3.8, 4) is 5.75 Å². The Labute approximate surface area is 176 Å². The van der Waals surface area contributed by atoms with E-state index in [1.54, 1.807) is 13.2 Å². The van der Waals surface area contributed by atoms with Crippen LogP contribution in [0, 0.1) is 0 Å². The van der Waals surface area contributed by atoms with Crippen molar-refractivity contribution in [1.82, 2.24) is 4.90 Å². The molecule has 1 saturated heterocycles. The molecule has 8 heteroatoms. The third kappa shape index (κ3) is 5.12. The SMILES string of the molecule is COc1ccc(/C=C2\SC(=S)N(CC(=O)OC3CCCCC3)C2=O)cc1Br. The average molecular weight is 470 g/mol. The Morgan fingerprint density at radius 3 is 2.78 bits per heavy atom. The van der Waals surface area contributed by atoms with Gasteiger partial charge in [-0.2, -0.15) is 0 Å². The molecule has 1 amide bonds. The number of benzene rings is 1. The van der Waals surface area contributed by atoms with Crippen LogP contribution in [0.4, 0.5) is 0 Å². The fraction of sp³-hybridized carbons (Fsp3) is 0.421. The van der Waals surface area contributed by atoms with Gasteiger partial charge in [-0.15, -0.1) is 0 Å². The molecule has 0 unspecified atom stereocenters. The molecule has 1 aromatic rings. The predicted molar refractivity (Wildman–Crippen MR) is 114 cm³/mol. The Morgan fingerprint density at radius 1 is 1.37 bits per heavy atom.